The second kappa shape index (κ2) is 10.4. The van der Waals surface area contributed by atoms with Crippen LogP contribution in [0.1, 0.15) is 27.2 Å². The van der Waals surface area contributed by atoms with Gasteiger partial charge in [-0.05, 0) is 83.9 Å². The molecule has 9 heteroatoms. The fourth-order valence-electron chi connectivity index (χ4n) is 5.23. The molecule has 2 aliphatic heterocycles. The number of aryl methyl sites for hydroxylation is 1. The minimum absolute atomic E-state index is 0.101. The number of carbonyl (C=O) groups excluding carboxylic acids is 1. The van der Waals surface area contributed by atoms with E-state index in [1.54, 1.807) is 6.07 Å². The fourth-order valence-corrected chi connectivity index (χ4v) is 6.00. The zero-order valence-corrected chi connectivity index (χ0v) is 21.5. The van der Waals surface area contributed by atoms with E-state index in [0.717, 1.165) is 54.3 Å². The molecule has 0 aliphatic carbocycles. The van der Waals surface area contributed by atoms with Crippen LogP contribution < -0.4 is 10.2 Å². The molecule has 3 aromatic rings. The Bertz CT molecular complexity index is 1310. The third-order valence-electron chi connectivity index (χ3n) is 7.09. The van der Waals surface area contributed by atoms with Crippen LogP contribution in [0.2, 0.25) is 0 Å². The molecule has 0 spiro atoms. The van der Waals surface area contributed by atoms with Gasteiger partial charge in [0.1, 0.15) is 5.69 Å². The summed E-state index contributed by atoms with van der Waals surface area (Å²) in [7, 11) is 0. The minimum atomic E-state index is -4.62. The van der Waals surface area contributed by atoms with Crippen molar-refractivity contribution in [3.63, 3.8) is 0 Å². The van der Waals surface area contributed by atoms with Gasteiger partial charge in [-0.3, -0.25) is 9.78 Å². The van der Waals surface area contributed by atoms with Crippen LogP contribution in [0.5, 0.6) is 0 Å². The molecule has 1 N–H and O–H groups in total. The number of ether oxygens (including phenoxy) is 1. The third-order valence-corrected chi connectivity index (χ3v) is 7.85. The first-order valence-corrected chi connectivity index (χ1v) is 13.6. The summed E-state index contributed by atoms with van der Waals surface area (Å²) < 4.78 is 44.9. The Morgan fingerprint density at radius 1 is 1.19 bits per heavy atom. The zero-order valence-electron chi connectivity index (χ0n) is 20.6. The van der Waals surface area contributed by atoms with Crippen molar-refractivity contribution in [1.29, 1.82) is 0 Å². The Kier molecular flexibility index (Phi) is 7.18. The van der Waals surface area contributed by atoms with Crippen LogP contribution in [0.3, 0.4) is 0 Å². The molecule has 194 valence electrons. The van der Waals surface area contributed by atoms with Crippen LogP contribution in [0.15, 0.2) is 54.7 Å². The Morgan fingerprint density at radius 3 is 2.81 bits per heavy atom. The summed E-state index contributed by atoms with van der Waals surface area (Å²) >= 11 is 1.87. The molecule has 2 aromatic carbocycles. The SMILES string of the molecule is CSCC1Cc2ccc(-c3cc(NC(=O)c4ccnc(C(F)(F)F)c4)ccc3C)cc2N2CCOCC12. The lowest BCUT2D eigenvalue weighted by Crippen LogP contribution is -2.53. The van der Waals surface area contributed by atoms with Crippen LogP contribution in [0.4, 0.5) is 24.5 Å². The van der Waals surface area contributed by atoms with Crippen LogP contribution in [-0.2, 0) is 17.3 Å². The van der Waals surface area contributed by atoms with Gasteiger partial charge in [0.15, 0.2) is 0 Å². The summed E-state index contributed by atoms with van der Waals surface area (Å²) in [6.07, 6.45) is -0.463. The molecule has 2 unspecified atom stereocenters. The van der Waals surface area contributed by atoms with E-state index in [4.69, 9.17) is 4.74 Å². The first-order chi connectivity index (χ1) is 17.7. The van der Waals surface area contributed by atoms with Crippen LogP contribution in [-0.4, -0.2) is 48.7 Å². The van der Waals surface area contributed by atoms with Gasteiger partial charge in [0.2, 0.25) is 0 Å². The summed E-state index contributed by atoms with van der Waals surface area (Å²) in [5, 5.41) is 2.74. The number of nitrogens with one attached hydrogen (secondary N) is 1. The highest BCUT2D eigenvalue weighted by Gasteiger charge is 2.36. The average Bonchev–Trinajstić information content (AvgIpc) is 2.89. The number of aromatic nitrogens is 1. The van der Waals surface area contributed by atoms with Crippen molar-refractivity contribution in [2.24, 2.45) is 5.92 Å². The highest BCUT2D eigenvalue weighted by Crippen LogP contribution is 2.40. The number of benzene rings is 2. The van der Waals surface area contributed by atoms with Crippen LogP contribution in [0, 0.1) is 12.8 Å². The number of hydrogen-bond acceptors (Lipinski definition) is 5. The molecular formula is C28H28F3N3O2S. The van der Waals surface area contributed by atoms with Crippen molar-refractivity contribution >= 4 is 29.0 Å². The predicted molar refractivity (Wildman–Crippen MR) is 141 cm³/mol. The number of nitrogens with zero attached hydrogens (tertiary/aromatic N) is 2. The smallest absolute Gasteiger partial charge is 0.377 e. The maximum atomic E-state index is 13.0. The largest absolute Gasteiger partial charge is 0.433 e. The lowest BCUT2D eigenvalue weighted by molar-refractivity contribution is -0.141. The Hall–Kier alpha value is -3.04. The van der Waals surface area contributed by atoms with Crippen molar-refractivity contribution in [1.82, 2.24) is 4.98 Å². The van der Waals surface area contributed by atoms with Crippen molar-refractivity contribution in [2.45, 2.75) is 25.6 Å². The Morgan fingerprint density at radius 2 is 2.03 bits per heavy atom. The molecule has 1 fully saturated rings. The summed E-state index contributed by atoms with van der Waals surface area (Å²) in [6, 6.07) is 14.5. The highest BCUT2D eigenvalue weighted by atomic mass is 32.2. The summed E-state index contributed by atoms with van der Waals surface area (Å²) in [4.78, 5) is 18.5. The van der Waals surface area contributed by atoms with E-state index >= 15 is 0 Å². The average molecular weight is 528 g/mol. The van der Waals surface area contributed by atoms with E-state index in [0.29, 0.717) is 24.3 Å². The second-order valence-electron chi connectivity index (χ2n) is 9.51. The number of fused-ring (bicyclic) bond motifs is 3. The normalized spacial score (nSPS) is 19.2. The van der Waals surface area contributed by atoms with Crippen LogP contribution >= 0.6 is 11.8 Å². The molecule has 2 aliphatic rings. The van der Waals surface area contributed by atoms with Gasteiger partial charge in [0.25, 0.3) is 5.91 Å². The first-order valence-electron chi connectivity index (χ1n) is 12.2. The topological polar surface area (TPSA) is 54.5 Å². The molecule has 1 saturated heterocycles. The van der Waals surface area contributed by atoms with Crippen molar-refractivity contribution in [3.8, 4) is 11.1 Å². The van der Waals surface area contributed by atoms with Crippen LogP contribution in [0.25, 0.3) is 11.1 Å². The lowest BCUT2D eigenvalue weighted by atomic mass is 9.85. The molecule has 3 heterocycles. The first kappa shape index (κ1) is 25.6. The molecule has 0 bridgehead atoms. The molecule has 1 amide bonds. The highest BCUT2D eigenvalue weighted by molar-refractivity contribution is 7.98. The quantitative estimate of drug-likeness (QED) is 0.437. The summed E-state index contributed by atoms with van der Waals surface area (Å²) in [5.41, 5.74) is 4.91. The number of rotatable bonds is 5. The van der Waals surface area contributed by atoms with E-state index in [9.17, 15) is 18.0 Å². The number of alkyl halides is 3. The number of carbonyl (C=O) groups is 1. The van der Waals surface area contributed by atoms with Gasteiger partial charge in [0.05, 0.1) is 19.3 Å². The van der Waals surface area contributed by atoms with Crippen molar-refractivity contribution in [3.05, 3.63) is 77.1 Å². The van der Waals surface area contributed by atoms with E-state index in [2.05, 4.69) is 39.7 Å². The molecule has 5 rings (SSSR count). The van der Waals surface area contributed by atoms with Crippen molar-refractivity contribution in [2.75, 3.05) is 42.0 Å². The molecule has 37 heavy (non-hydrogen) atoms. The fraction of sp³-hybridized carbons (Fsp3) is 0.357. The second-order valence-corrected chi connectivity index (χ2v) is 10.4. The maximum absolute atomic E-state index is 13.0. The number of thioether (sulfide) groups is 1. The van der Waals surface area contributed by atoms with Gasteiger partial charge in [-0.1, -0.05) is 18.2 Å². The lowest BCUT2D eigenvalue weighted by Gasteiger charge is -2.46. The van der Waals surface area contributed by atoms with Gasteiger partial charge in [-0.15, -0.1) is 0 Å². The van der Waals surface area contributed by atoms with Gasteiger partial charge in [-0.2, -0.15) is 24.9 Å². The van der Waals surface area contributed by atoms with Gasteiger partial charge < -0.3 is 15.0 Å². The number of pyridine rings is 1. The monoisotopic (exact) mass is 527 g/mol. The summed E-state index contributed by atoms with van der Waals surface area (Å²) in [5.74, 6) is 1.01. The third kappa shape index (κ3) is 5.33. The molecule has 0 saturated carbocycles. The predicted octanol–water partition coefficient (Wildman–Crippen LogP) is 6.07. The molecular weight excluding hydrogens is 499 g/mol. The Labute approximate surface area is 218 Å². The van der Waals surface area contributed by atoms with Crippen molar-refractivity contribution < 1.29 is 22.7 Å². The number of morpholine rings is 1. The molecule has 5 nitrogen and oxygen atoms in total. The molecule has 1 aromatic heterocycles. The number of amides is 1. The standard InChI is InChI=1S/C28H28F3N3O2S/c1-17-3-6-22(33-27(35)20-7-8-32-26(13-20)28(29,30)31)14-23(17)18-4-5-19-11-21(16-37-2)25-15-36-10-9-34(25)24(19)12-18/h3-8,12-14,21,25H,9-11,15-16H2,1-2H3,(H,33,35). The van der Waals surface area contributed by atoms with E-state index < -0.39 is 17.8 Å². The maximum Gasteiger partial charge on any atom is 0.433 e. The van der Waals surface area contributed by atoms with Gasteiger partial charge in [-0.25, -0.2) is 0 Å². The number of halogens is 3. The van der Waals surface area contributed by atoms with E-state index in [1.807, 2.05) is 30.8 Å². The molecule has 2 atom stereocenters. The number of hydrogen-bond donors (Lipinski definition) is 1. The minimum Gasteiger partial charge on any atom is -0.377 e. The Balaban J connectivity index is 1.43. The van der Waals surface area contributed by atoms with Gasteiger partial charge >= 0.3 is 6.18 Å². The van der Waals surface area contributed by atoms with Gasteiger partial charge in [0, 0.05) is 29.7 Å². The van der Waals surface area contributed by atoms with E-state index in [-0.39, 0.29) is 5.56 Å². The van der Waals surface area contributed by atoms with E-state index in [1.165, 1.54) is 17.3 Å². The number of anilines is 2. The summed E-state index contributed by atoms with van der Waals surface area (Å²) in [6.45, 7) is 4.30. The zero-order chi connectivity index (χ0) is 26.2. The molecule has 0 radical (unpaired) electrons.